The van der Waals surface area contributed by atoms with Gasteiger partial charge in [0.15, 0.2) is 0 Å². The molecule has 0 aromatic rings. The molecule has 0 bridgehead atoms. The van der Waals surface area contributed by atoms with Crippen LogP contribution in [0.3, 0.4) is 0 Å². The van der Waals surface area contributed by atoms with Crippen molar-refractivity contribution in [2.24, 2.45) is 0 Å². The molecule has 0 fully saturated rings. The average molecular weight is 97.1 g/mol. The lowest BCUT2D eigenvalue weighted by atomic mass is 10.5. The Morgan fingerprint density at radius 1 is 1.86 bits per heavy atom. The Labute approximate surface area is 42.4 Å². The van der Waals surface area contributed by atoms with Gasteiger partial charge in [-0.25, -0.2) is 0 Å². The van der Waals surface area contributed by atoms with Crippen molar-refractivity contribution in [3.63, 3.8) is 0 Å². The van der Waals surface area contributed by atoms with Crippen molar-refractivity contribution in [1.82, 2.24) is 4.90 Å². The Kier molecular flexibility index (Phi) is 0.855. The van der Waals surface area contributed by atoms with Crippen molar-refractivity contribution >= 4 is 5.91 Å². The van der Waals surface area contributed by atoms with Gasteiger partial charge in [0, 0.05) is 19.7 Å². The summed E-state index contributed by atoms with van der Waals surface area (Å²) in [7, 11) is 1.76. The molecule has 1 aliphatic rings. The van der Waals surface area contributed by atoms with E-state index in [1.165, 1.54) is 0 Å². The fourth-order valence-corrected chi connectivity index (χ4v) is 0.539. The zero-order valence-electron chi connectivity index (χ0n) is 4.22. The van der Waals surface area contributed by atoms with Crippen LogP contribution in [0.4, 0.5) is 0 Å². The molecule has 0 aliphatic carbocycles. The first-order valence-corrected chi connectivity index (χ1v) is 2.23. The van der Waals surface area contributed by atoms with Crippen LogP contribution in [0.1, 0.15) is 6.42 Å². The van der Waals surface area contributed by atoms with Crippen LogP contribution in [0.5, 0.6) is 0 Å². The van der Waals surface area contributed by atoms with Gasteiger partial charge in [-0.3, -0.25) is 4.79 Å². The molecule has 0 unspecified atom stereocenters. The van der Waals surface area contributed by atoms with Crippen molar-refractivity contribution in [2.75, 3.05) is 7.05 Å². The quantitative estimate of drug-likeness (QED) is 0.427. The monoisotopic (exact) mass is 97.1 g/mol. The molecule has 0 N–H and O–H groups in total. The van der Waals surface area contributed by atoms with Crippen LogP contribution >= 0.6 is 0 Å². The molecule has 7 heavy (non-hydrogen) atoms. The van der Waals surface area contributed by atoms with Crippen LogP contribution in [0, 0.1) is 0 Å². The summed E-state index contributed by atoms with van der Waals surface area (Å²) in [6.45, 7) is 0. The Morgan fingerprint density at radius 3 is 2.71 bits per heavy atom. The average Bonchev–Trinajstić information content (AvgIpc) is 1.91. The Morgan fingerprint density at radius 2 is 2.57 bits per heavy atom. The van der Waals surface area contributed by atoms with Crippen molar-refractivity contribution in [3.05, 3.63) is 12.3 Å². The summed E-state index contributed by atoms with van der Waals surface area (Å²) in [4.78, 5) is 12.0. The number of hydrogen-bond donors (Lipinski definition) is 0. The van der Waals surface area contributed by atoms with Gasteiger partial charge >= 0.3 is 0 Å². The van der Waals surface area contributed by atoms with Crippen molar-refractivity contribution in [1.29, 1.82) is 0 Å². The molecule has 1 amide bonds. The molecule has 2 heteroatoms. The summed E-state index contributed by atoms with van der Waals surface area (Å²) >= 11 is 0. The van der Waals surface area contributed by atoms with Crippen LogP contribution < -0.4 is 0 Å². The Balaban J connectivity index is 2.62. The maximum absolute atomic E-state index is 10.4. The van der Waals surface area contributed by atoms with Crippen LogP contribution in [0.2, 0.25) is 0 Å². The van der Waals surface area contributed by atoms with Gasteiger partial charge in [-0.2, -0.15) is 0 Å². The fraction of sp³-hybridized carbons (Fsp3) is 0.400. The van der Waals surface area contributed by atoms with E-state index in [9.17, 15) is 4.79 Å². The first-order valence-electron chi connectivity index (χ1n) is 2.23. The van der Waals surface area contributed by atoms with E-state index in [1.807, 2.05) is 6.08 Å². The molecule has 0 saturated carbocycles. The number of carbonyl (C=O) groups excluding carboxylic acids is 1. The molecule has 1 heterocycles. The van der Waals surface area contributed by atoms with Crippen molar-refractivity contribution in [2.45, 2.75) is 6.42 Å². The molecule has 0 aromatic heterocycles. The third kappa shape index (κ3) is 0.633. The summed E-state index contributed by atoms with van der Waals surface area (Å²) < 4.78 is 0. The van der Waals surface area contributed by atoms with Crippen molar-refractivity contribution < 1.29 is 4.79 Å². The predicted molar refractivity (Wildman–Crippen MR) is 26.5 cm³/mol. The van der Waals surface area contributed by atoms with E-state index in [-0.39, 0.29) is 5.91 Å². The highest BCUT2D eigenvalue weighted by Crippen LogP contribution is 2.00. The Bertz CT molecular complexity index is 117. The van der Waals surface area contributed by atoms with Gasteiger partial charge in [-0.05, 0) is 0 Å². The van der Waals surface area contributed by atoms with E-state index in [2.05, 4.69) is 0 Å². The first-order chi connectivity index (χ1) is 3.30. The second kappa shape index (κ2) is 1.37. The molecular weight excluding hydrogens is 90.1 g/mol. The molecule has 0 spiro atoms. The first kappa shape index (κ1) is 4.37. The van der Waals surface area contributed by atoms with Gasteiger partial charge in [-0.15, -0.1) is 0 Å². The van der Waals surface area contributed by atoms with E-state index in [4.69, 9.17) is 0 Å². The second-order valence-electron chi connectivity index (χ2n) is 1.59. The van der Waals surface area contributed by atoms with E-state index in [0.29, 0.717) is 6.42 Å². The third-order valence-corrected chi connectivity index (χ3v) is 1.01. The molecule has 0 aromatic carbocycles. The summed E-state index contributed by atoms with van der Waals surface area (Å²) in [5, 5.41) is 0. The minimum Gasteiger partial charge on any atom is -0.322 e. The van der Waals surface area contributed by atoms with Crippen molar-refractivity contribution in [3.8, 4) is 0 Å². The summed E-state index contributed by atoms with van der Waals surface area (Å²) in [5.74, 6) is 0.181. The molecule has 1 aliphatic heterocycles. The topological polar surface area (TPSA) is 20.3 Å². The zero-order valence-corrected chi connectivity index (χ0v) is 4.22. The van der Waals surface area contributed by atoms with Crippen LogP contribution in [-0.4, -0.2) is 17.9 Å². The van der Waals surface area contributed by atoms with E-state index < -0.39 is 0 Å². The van der Waals surface area contributed by atoms with E-state index in [1.54, 1.807) is 18.1 Å². The molecule has 1 rings (SSSR count). The second-order valence-corrected chi connectivity index (χ2v) is 1.59. The maximum Gasteiger partial charge on any atom is 0.230 e. The molecule has 0 saturated heterocycles. The maximum atomic E-state index is 10.4. The lowest BCUT2D eigenvalue weighted by Gasteiger charge is -2.00. The zero-order chi connectivity index (χ0) is 5.28. The molecule has 0 radical (unpaired) electrons. The van der Waals surface area contributed by atoms with E-state index >= 15 is 0 Å². The van der Waals surface area contributed by atoms with Crippen LogP contribution in [0.25, 0.3) is 0 Å². The summed E-state index contributed by atoms with van der Waals surface area (Å²) in [6.07, 6.45) is 4.21. The summed E-state index contributed by atoms with van der Waals surface area (Å²) in [5.41, 5.74) is 0. The smallest absolute Gasteiger partial charge is 0.230 e. The van der Waals surface area contributed by atoms with Gasteiger partial charge in [0.2, 0.25) is 5.91 Å². The van der Waals surface area contributed by atoms with E-state index in [0.717, 1.165) is 0 Å². The molecule has 38 valence electrons. The standard InChI is InChI=1S/C5H7NO/c1-6-4-2-3-5(6)7/h2,4H,3H2,1H3. The lowest BCUT2D eigenvalue weighted by molar-refractivity contribution is -0.125. The number of nitrogens with zero attached hydrogens (tertiary/aromatic N) is 1. The minimum atomic E-state index is 0.181. The SMILES string of the molecule is CN1C=CCC1=O. The Hall–Kier alpha value is -0.790. The molecule has 0 atom stereocenters. The van der Waals surface area contributed by atoms with Crippen LogP contribution in [0.15, 0.2) is 12.3 Å². The third-order valence-electron chi connectivity index (χ3n) is 1.01. The van der Waals surface area contributed by atoms with Gasteiger partial charge in [0.05, 0.1) is 0 Å². The lowest BCUT2D eigenvalue weighted by Crippen LogP contribution is -2.13. The number of hydrogen-bond acceptors (Lipinski definition) is 1. The molecular formula is C5H7NO. The van der Waals surface area contributed by atoms with Gasteiger partial charge in [0.25, 0.3) is 0 Å². The van der Waals surface area contributed by atoms with Gasteiger partial charge < -0.3 is 4.90 Å². The minimum absolute atomic E-state index is 0.181. The number of amides is 1. The highest BCUT2D eigenvalue weighted by molar-refractivity contribution is 5.80. The largest absolute Gasteiger partial charge is 0.322 e. The summed E-state index contributed by atoms with van der Waals surface area (Å²) in [6, 6.07) is 0. The van der Waals surface area contributed by atoms with Crippen LogP contribution in [-0.2, 0) is 4.79 Å². The highest BCUT2D eigenvalue weighted by atomic mass is 16.2. The predicted octanol–water partition coefficient (Wildman–Crippen LogP) is 0.362. The highest BCUT2D eigenvalue weighted by Gasteiger charge is 2.07. The normalized spacial score (nSPS) is 19.0. The van der Waals surface area contributed by atoms with Gasteiger partial charge in [0.1, 0.15) is 0 Å². The molecule has 2 nitrogen and oxygen atoms in total. The van der Waals surface area contributed by atoms with Gasteiger partial charge in [-0.1, -0.05) is 6.08 Å². The number of carbonyl (C=O) groups is 1. The number of rotatable bonds is 0. The fourth-order valence-electron chi connectivity index (χ4n) is 0.539.